The molecular formula is C22H20ClN5O3S. The van der Waals surface area contributed by atoms with Crippen LogP contribution < -0.4 is 15.6 Å². The number of rotatable bonds is 6. The highest BCUT2D eigenvalue weighted by atomic mass is 35.5. The molecule has 0 bridgehead atoms. The summed E-state index contributed by atoms with van der Waals surface area (Å²) in [6.07, 6.45) is 0. The number of amides is 2. The zero-order valence-electron chi connectivity index (χ0n) is 17.4. The largest absolute Gasteiger partial charge is 0.486 e. The average molecular weight is 470 g/mol. The van der Waals surface area contributed by atoms with Crippen LogP contribution in [0.4, 0.5) is 0 Å². The van der Waals surface area contributed by atoms with Gasteiger partial charge in [-0.3, -0.25) is 20.4 Å². The number of halogens is 1. The van der Waals surface area contributed by atoms with Gasteiger partial charge in [0, 0.05) is 22.5 Å². The van der Waals surface area contributed by atoms with Crippen LogP contribution in [0.5, 0.6) is 5.75 Å². The van der Waals surface area contributed by atoms with E-state index in [9.17, 15) is 9.59 Å². The molecule has 0 aliphatic rings. The first-order valence-electron chi connectivity index (χ1n) is 9.85. The molecule has 0 atom stereocenters. The second-order valence-electron chi connectivity index (χ2n) is 6.88. The van der Waals surface area contributed by atoms with Crippen LogP contribution in [-0.2, 0) is 13.2 Å². The zero-order valence-corrected chi connectivity index (χ0v) is 19.0. The molecule has 2 aromatic heterocycles. The second kappa shape index (κ2) is 9.37. The Kier molecular flexibility index (Phi) is 6.38. The third-order valence-corrected chi connectivity index (χ3v) is 5.84. The third kappa shape index (κ3) is 4.74. The van der Waals surface area contributed by atoms with Crippen molar-refractivity contribution in [2.75, 3.05) is 0 Å². The maximum Gasteiger partial charge on any atom is 0.289 e. The number of hydrazine groups is 1. The molecule has 0 saturated heterocycles. The highest BCUT2D eigenvalue weighted by Crippen LogP contribution is 2.19. The van der Waals surface area contributed by atoms with Gasteiger partial charge in [-0.15, -0.1) is 11.3 Å². The number of carbonyl (C=O) groups is 2. The molecule has 0 radical (unpaired) electrons. The van der Waals surface area contributed by atoms with Gasteiger partial charge in [0.15, 0.2) is 0 Å². The van der Waals surface area contributed by atoms with E-state index in [-0.39, 0.29) is 12.3 Å². The molecule has 0 aliphatic heterocycles. The van der Waals surface area contributed by atoms with Gasteiger partial charge in [-0.1, -0.05) is 11.6 Å². The lowest BCUT2D eigenvalue weighted by Gasteiger charge is -2.07. The van der Waals surface area contributed by atoms with Crippen molar-refractivity contribution in [1.29, 1.82) is 0 Å². The third-order valence-electron chi connectivity index (χ3n) is 4.77. The number of ether oxygens (including phenoxy) is 1. The van der Waals surface area contributed by atoms with E-state index in [1.165, 1.54) is 11.3 Å². The zero-order chi connectivity index (χ0) is 22.7. The molecule has 0 fully saturated rings. The van der Waals surface area contributed by atoms with E-state index < -0.39 is 11.8 Å². The fraction of sp³-hybridized carbons (Fsp3) is 0.182. The van der Waals surface area contributed by atoms with Gasteiger partial charge in [-0.05, 0) is 56.3 Å². The summed E-state index contributed by atoms with van der Waals surface area (Å²) in [5.41, 5.74) is 7.09. The Labute approximate surface area is 193 Å². The quantitative estimate of drug-likeness (QED) is 0.414. The van der Waals surface area contributed by atoms with Crippen LogP contribution >= 0.6 is 22.9 Å². The van der Waals surface area contributed by atoms with Gasteiger partial charge in [-0.25, -0.2) is 9.97 Å². The number of carbonyl (C=O) groups excluding carboxylic acids is 2. The molecular weight excluding hydrogens is 450 g/mol. The lowest BCUT2D eigenvalue weighted by molar-refractivity contribution is 0.0844. The van der Waals surface area contributed by atoms with Crippen molar-refractivity contribution < 1.29 is 14.3 Å². The van der Waals surface area contributed by atoms with Gasteiger partial charge in [-0.2, -0.15) is 0 Å². The number of nitrogens with zero attached hydrogens (tertiary/aromatic N) is 3. The monoisotopic (exact) mass is 469 g/mol. The summed E-state index contributed by atoms with van der Waals surface area (Å²) < 4.78 is 7.69. The molecule has 2 aromatic carbocycles. The normalized spacial score (nSPS) is 10.8. The molecule has 0 spiro atoms. The number of imidazole rings is 1. The molecule has 10 heteroatoms. The first-order chi connectivity index (χ1) is 15.4. The number of aromatic nitrogens is 3. The maximum atomic E-state index is 12.5. The Bertz CT molecular complexity index is 1280. The van der Waals surface area contributed by atoms with Crippen LogP contribution in [0.2, 0.25) is 5.02 Å². The highest BCUT2D eigenvalue weighted by molar-refractivity contribution is 7.09. The van der Waals surface area contributed by atoms with E-state index >= 15 is 0 Å². The maximum absolute atomic E-state index is 12.5. The molecule has 8 nitrogen and oxygen atoms in total. The van der Waals surface area contributed by atoms with E-state index in [1.807, 2.05) is 19.9 Å². The summed E-state index contributed by atoms with van der Waals surface area (Å²) in [5.74, 6) is 0.580. The highest BCUT2D eigenvalue weighted by Gasteiger charge is 2.14. The molecule has 0 aliphatic carbocycles. The molecule has 164 valence electrons. The van der Waals surface area contributed by atoms with Crippen LogP contribution in [0.3, 0.4) is 0 Å². The minimum Gasteiger partial charge on any atom is -0.486 e. The summed E-state index contributed by atoms with van der Waals surface area (Å²) >= 11 is 7.14. The van der Waals surface area contributed by atoms with Crippen LogP contribution in [-0.4, -0.2) is 26.3 Å². The minimum atomic E-state index is -0.514. The van der Waals surface area contributed by atoms with E-state index in [0.717, 1.165) is 23.4 Å². The molecule has 2 heterocycles. The van der Waals surface area contributed by atoms with Crippen molar-refractivity contribution in [2.24, 2.45) is 0 Å². The van der Waals surface area contributed by atoms with E-state index in [4.69, 9.17) is 16.3 Å². The molecule has 0 unspecified atom stereocenters. The summed E-state index contributed by atoms with van der Waals surface area (Å²) in [5, 5.41) is 2.86. The fourth-order valence-electron chi connectivity index (χ4n) is 3.20. The Balaban J connectivity index is 1.34. The molecule has 4 aromatic rings. The van der Waals surface area contributed by atoms with E-state index in [0.29, 0.717) is 21.3 Å². The Morgan fingerprint density at radius 1 is 1.09 bits per heavy atom. The molecule has 2 amide bonds. The van der Waals surface area contributed by atoms with E-state index in [1.54, 1.807) is 41.8 Å². The summed E-state index contributed by atoms with van der Waals surface area (Å²) in [6, 6.07) is 12.2. The number of thiazole rings is 1. The lowest BCUT2D eigenvalue weighted by Crippen LogP contribution is -2.41. The van der Waals surface area contributed by atoms with Crippen LogP contribution in [0.1, 0.15) is 38.6 Å². The van der Waals surface area contributed by atoms with Gasteiger partial charge in [0.05, 0.1) is 11.0 Å². The smallest absolute Gasteiger partial charge is 0.289 e. The molecule has 4 rings (SSSR count). The average Bonchev–Trinajstić information content (AvgIpc) is 3.39. The van der Waals surface area contributed by atoms with Gasteiger partial charge in [0.25, 0.3) is 11.8 Å². The van der Waals surface area contributed by atoms with Crippen LogP contribution in [0.15, 0.2) is 47.8 Å². The second-order valence-corrected chi connectivity index (χ2v) is 8.26. The van der Waals surface area contributed by atoms with Crippen LogP contribution in [0.25, 0.3) is 11.0 Å². The van der Waals surface area contributed by atoms with Crippen molar-refractivity contribution in [3.05, 3.63) is 75.0 Å². The summed E-state index contributed by atoms with van der Waals surface area (Å²) in [7, 11) is 0. The number of fused-ring (bicyclic) bond motifs is 1. The van der Waals surface area contributed by atoms with Crippen molar-refractivity contribution >= 4 is 45.8 Å². The van der Waals surface area contributed by atoms with E-state index in [2.05, 4.69) is 25.4 Å². The number of hydrogen-bond donors (Lipinski definition) is 2. The number of nitrogens with one attached hydrogen (secondary N) is 2. The molecule has 2 N–H and O–H groups in total. The Morgan fingerprint density at radius 3 is 2.59 bits per heavy atom. The van der Waals surface area contributed by atoms with Crippen LogP contribution in [0, 0.1) is 6.92 Å². The number of hydrogen-bond acceptors (Lipinski definition) is 6. The van der Waals surface area contributed by atoms with Gasteiger partial charge < -0.3 is 9.30 Å². The molecule has 32 heavy (non-hydrogen) atoms. The number of aryl methyl sites for hydroxylation is 2. The van der Waals surface area contributed by atoms with Crippen molar-refractivity contribution in [2.45, 2.75) is 27.0 Å². The standard InChI is InChI=1S/C22H20ClN5O3S/c1-3-28-13(2)24-17-10-14(4-9-19(17)28)21(29)26-27-22(30)18-12-32-20(25-18)11-31-16-7-5-15(23)6-8-16/h4-10,12H,3,11H2,1-2H3,(H,26,29)(H,27,30). The lowest BCUT2D eigenvalue weighted by atomic mass is 10.2. The predicted molar refractivity (Wildman–Crippen MR) is 123 cm³/mol. The SMILES string of the molecule is CCn1c(C)nc2cc(C(=O)NNC(=O)c3csc(COc4ccc(Cl)cc4)n3)ccc21. The Morgan fingerprint density at radius 2 is 1.84 bits per heavy atom. The first-order valence-corrected chi connectivity index (χ1v) is 11.1. The van der Waals surface area contributed by atoms with Crippen molar-refractivity contribution in [3.8, 4) is 5.75 Å². The van der Waals surface area contributed by atoms with Gasteiger partial charge >= 0.3 is 0 Å². The van der Waals surface area contributed by atoms with Crippen molar-refractivity contribution in [1.82, 2.24) is 25.4 Å². The van der Waals surface area contributed by atoms with Gasteiger partial charge in [0.1, 0.15) is 28.9 Å². The number of benzene rings is 2. The summed E-state index contributed by atoms with van der Waals surface area (Å²) in [6.45, 7) is 4.98. The topological polar surface area (TPSA) is 98.1 Å². The summed E-state index contributed by atoms with van der Waals surface area (Å²) in [4.78, 5) is 33.6. The first kappa shape index (κ1) is 21.8. The van der Waals surface area contributed by atoms with Gasteiger partial charge in [0.2, 0.25) is 0 Å². The molecule has 0 saturated carbocycles. The fourth-order valence-corrected chi connectivity index (χ4v) is 4.01. The minimum absolute atomic E-state index is 0.192. The Hall–Kier alpha value is -3.43. The van der Waals surface area contributed by atoms with Crippen molar-refractivity contribution in [3.63, 3.8) is 0 Å². The predicted octanol–water partition coefficient (Wildman–Crippen LogP) is 4.13.